The Hall–Kier alpha value is -3.91. The Morgan fingerprint density at radius 1 is 1.11 bits per heavy atom. The maximum absolute atomic E-state index is 12.1. The highest BCUT2D eigenvalue weighted by atomic mass is 127. The molecule has 0 aliphatic heterocycles. The van der Waals surface area contributed by atoms with Gasteiger partial charge in [0.05, 0.1) is 28.5 Å². The first-order chi connectivity index (χ1) is 16.9. The number of anilines is 1. The number of carbonyl (C=O) groups excluding carboxylic acids is 2. The summed E-state index contributed by atoms with van der Waals surface area (Å²) >= 11 is 2.12. The molecular formula is C26H23IN4O4. The minimum Gasteiger partial charge on any atom is -0.493 e. The summed E-state index contributed by atoms with van der Waals surface area (Å²) in [4.78, 5) is 24.2. The molecule has 2 N–H and O–H groups in total. The van der Waals surface area contributed by atoms with E-state index in [2.05, 4.69) is 44.5 Å². The van der Waals surface area contributed by atoms with Crippen molar-refractivity contribution in [2.75, 3.05) is 12.4 Å². The van der Waals surface area contributed by atoms with Crippen molar-refractivity contribution in [2.24, 2.45) is 5.10 Å². The molecule has 3 aromatic rings. The maximum atomic E-state index is 12.1. The summed E-state index contributed by atoms with van der Waals surface area (Å²) in [6.45, 7) is 2.08. The second-order valence-electron chi connectivity index (χ2n) is 7.42. The van der Waals surface area contributed by atoms with Crippen LogP contribution in [0.1, 0.15) is 28.7 Å². The van der Waals surface area contributed by atoms with Crippen molar-refractivity contribution in [1.82, 2.24) is 5.43 Å². The van der Waals surface area contributed by atoms with E-state index in [1.165, 1.54) is 13.3 Å². The molecule has 0 saturated carbocycles. The number of hydrogen-bond donors (Lipinski definition) is 2. The SMILES string of the molecule is COc1cc(C=NNC(=O)CC(=O)Nc2ccccc2C)cc(I)c1OCc1ccccc1C#N. The number of nitrogens with zero attached hydrogens (tertiary/aromatic N) is 2. The number of hydrogen-bond acceptors (Lipinski definition) is 6. The van der Waals surface area contributed by atoms with Crippen LogP contribution in [-0.4, -0.2) is 25.1 Å². The van der Waals surface area contributed by atoms with Gasteiger partial charge in [0.25, 0.3) is 0 Å². The van der Waals surface area contributed by atoms with Crippen molar-refractivity contribution < 1.29 is 19.1 Å². The fraction of sp³-hybridized carbons (Fsp3) is 0.154. The lowest BCUT2D eigenvalue weighted by molar-refractivity contribution is -0.126. The normalized spacial score (nSPS) is 10.5. The second-order valence-corrected chi connectivity index (χ2v) is 8.59. The molecule has 0 aliphatic carbocycles. The summed E-state index contributed by atoms with van der Waals surface area (Å²) in [6, 6.07) is 20.2. The van der Waals surface area contributed by atoms with Crippen molar-refractivity contribution in [1.29, 1.82) is 5.26 Å². The topological polar surface area (TPSA) is 113 Å². The maximum Gasteiger partial charge on any atom is 0.249 e. The molecule has 0 aliphatic rings. The van der Waals surface area contributed by atoms with Gasteiger partial charge in [-0.3, -0.25) is 9.59 Å². The van der Waals surface area contributed by atoms with Gasteiger partial charge in [-0.25, -0.2) is 5.43 Å². The lowest BCUT2D eigenvalue weighted by atomic mass is 10.1. The van der Waals surface area contributed by atoms with Crippen LogP contribution < -0.4 is 20.2 Å². The van der Waals surface area contributed by atoms with E-state index >= 15 is 0 Å². The molecular weight excluding hydrogens is 559 g/mol. The zero-order valence-corrected chi connectivity index (χ0v) is 21.3. The van der Waals surface area contributed by atoms with Crippen molar-refractivity contribution in [3.8, 4) is 17.6 Å². The number of para-hydroxylation sites is 1. The first-order valence-electron chi connectivity index (χ1n) is 10.6. The summed E-state index contributed by atoms with van der Waals surface area (Å²) < 4.78 is 12.2. The summed E-state index contributed by atoms with van der Waals surface area (Å²) in [7, 11) is 1.53. The van der Waals surface area contributed by atoms with E-state index in [1.54, 1.807) is 24.3 Å². The number of nitriles is 1. The Bertz CT molecular complexity index is 1300. The molecule has 35 heavy (non-hydrogen) atoms. The first-order valence-corrected chi connectivity index (χ1v) is 11.6. The quantitative estimate of drug-likeness (QED) is 0.167. The number of halogens is 1. The highest BCUT2D eigenvalue weighted by molar-refractivity contribution is 14.1. The molecule has 0 aromatic heterocycles. The summed E-state index contributed by atoms with van der Waals surface area (Å²) in [5, 5.41) is 15.9. The first kappa shape index (κ1) is 25.7. The van der Waals surface area contributed by atoms with Crippen molar-refractivity contribution in [3.63, 3.8) is 0 Å². The minimum atomic E-state index is -0.537. The second kappa shape index (κ2) is 12.5. The Kier molecular flexibility index (Phi) is 9.20. The summed E-state index contributed by atoms with van der Waals surface area (Å²) in [6.07, 6.45) is 1.10. The van der Waals surface area contributed by atoms with Crippen LogP contribution in [-0.2, 0) is 16.2 Å². The molecule has 0 spiro atoms. The number of aryl methyl sites for hydroxylation is 1. The third-order valence-electron chi connectivity index (χ3n) is 4.90. The van der Waals surface area contributed by atoms with Gasteiger partial charge >= 0.3 is 0 Å². The molecule has 0 fully saturated rings. The van der Waals surface area contributed by atoms with Crippen molar-refractivity contribution >= 4 is 46.3 Å². The molecule has 3 rings (SSSR count). The van der Waals surface area contributed by atoms with Crippen LogP contribution in [0.25, 0.3) is 0 Å². The van der Waals surface area contributed by atoms with E-state index in [4.69, 9.17) is 9.47 Å². The summed E-state index contributed by atoms with van der Waals surface area (Å²) in [5.74, 6) is 0.0550. The molecule has 178 valence electrons. The Balaban J connectivity index is 1.60. The van der Waals surface area contributed by atoms with Gasteiger partial charge in [0.2, 0.25) is 11.8 Å². The largest absolute Gasteiger partial charge is 0.493 e. The van der Waals surface area contributed by atoms with Crippen molar-refractivity contribution in [2.45, 2.75) is 20.0 Å². The Labute approximate surface area is 217 Å². The molecule has 0 saturated heterocycles. The Morgan fingerprint density at radius 2 is 1.86 bits per heavy atom. The molecule has 0 atom stereocenters. The predicted molar refractivity (Wildman–Crippen MR) is 141 cm³/mol. The van der Waals surface area contributed by atoms with Gasteiger partial charge in [-0.1, -0.05) is 36.4 Å². The van der Waals surface area contributed by atoms with Gasteiger partial charge < -0.3 is 14.8 Å². The van der Waals surface area contributed by atoms with Crippen LogP contribution in [0.15, 0.2) is 65.8 Å². The van der Waals surface area contributed by atoms with Crippen LogP contribution in [0.2, 0.25) is 0 Å². The minimum absolute atomic E-state index is 0.212. The van der Waals surface area contributed by atoms with E-state index in [-0.39, 0.29) is 13.0 Å². The number of rotatable bonds is 9. The van der Waals surface area contributed by atoms with E-state index in [1.807, 2.05) is 43.3 Å². The predicted octanol–water partition coefficient (Wildman–Crippen LogP) is 4.54. The average molecular weight is 582 g/mol. The van der Waals surface area contributed by atoms with Gasteiger partial charge in [-0.2, -0.15) is 10.4 Å². The van der Waals surface area contributed by atoms with Crippen LogP contribution in [0.3, 0.4) is 0 Å². The van der Waals surface area contributed by atoms with Gasteiger partial charge in [-0.15, -0.1) is 0 Å². The number of benzene rings is 3. The number of amides is 2. The van der Waals surface area contributed by atoms with Crippen LogP contribution >= 0.6 is 22.6 Å². The number of methoxy groups -OCH3 is 1. The fourth-order valence-electron chi connectivity index (χ4n) is 3.13. The average Bonchev–Trinajstić information content (AvgIpc) is 2.84. The van der Waals surface area contributed by atoms with Crippen molar-refractivity contribution in [3.05, 3.63) is 86.5 Å². The Morgan fingerprint density at radius 3 is 2.60 bits per heavy atom. The molecule has 0 heterocycles. The third kappa shape index (κ3) is 7.28. The van der Waals surface area contributed by atoms with E-state index in [9.17, 15) is 14.9 Å². The van der Waals surface area contributed by atoms with E-state index in [0.717, 1.165) is 14.7 Å². The number of nitrogens with one attached hydrogen (secondary N) is 2. The smallest absolute Gasteiger partial charge is 0.249 e. The number of carbonyl (C=O) groups is 2. The monoisotopic (exact) mass is 582 g/mol. The zero-order chi connectivity index (χ0) is 25.2. The van der Waals surface area contributed by atoms with E-state index in [0.29, 0.717) is 28.3 Å². The number of hydrazone groups is 1. The van der Waals surface area contributed by atoms with Gasteiger partial charge in [-0.05, 0) is 64.9 Å². The molecule has 2 amide bonds. The summed E-state index contributed by atoms with van der Waals surface area (Å²) in [5.41, 5.74) is 5.91. The highest BCUT2D eigenvalue weighted by Gasteiger charge is 2.13. The highest BCUT2D eigenvalue weighted by Crippen LogP contribution is 2.34. The molecule has 9 heteroatoms. The molecule has 0 radical (unpaired) electrons. The molecule has 0 bridgehead atoms. The van der Waals surface area contributed by atoms with Gasteiger partial charge in [0.1, 0.15) is 13.0 Å². The fourth-order valence-corrected chi connectivity index (χ4v) is 3.91. The van der Waals surface area contributed by atoms with Gasteiger partial charge in [0, 0.05) is 11.3 Å². The van der Waals surface area contributed by atoms with Crippen LogP contribution in [0.4, 0.5) is 5.69 Å². The molecule has 3 aromatic carbocycles. The lowest BCUT2D eigenvalue weighted by Gasteiger charge is -2.14. The van der Waals surface area contributed by atoms with Gasteiger partial charge in [0.15, 0.2) is 11.5 Å². The van der Waals surface area contributed by atoms with Crippen LogP contribution in [0, 0.1) is 21.8 Å². The number of ether oxygens (including phenoxy) is 2. The van der Waals surface area contributed by atoms with E-state index < -0.39 is 11.8 Å². The molecule has 0 unspecified atom stereocenters. The third-order valence-corrected chi connectivity index (χ3v) is 5.71. The lowest BCUT2D eigenvalue weighted by Crippen LogP contribution is -2.24. The standard InChI is InChI=1S/C26H23IN4O4/c1-17-7-3-6-10-22(17)30-24(32)13-25(33)31-29-15-18-11-21(27)26(23(12-18)34-2)35-16-20-9-5-4-8-19(20)14-28/h3-12,15H,13,16H2,1-2H3,(H,30,32)(H,31,33). The zero-order valence-electron chi connectivity index (χ0n) is 19.2. The molecule has 8 nitrogen and oxygen atoms in total. The van der Waals surface area contributed by atoms with Crippen LogP contribution in [0.5, 0.6) is 11.5 Å².